The molecule has 0 bridgehead atoms. The summed E-state index contributed by atoms with van der Waals surface area (Å²) in [4.78, 5) is 20.8. The van der Waals surface area contributed by atoms with E-state index in [1.807, 2.05) is 0 Å². The lowest BCUT2D eigenvalue weighted by atomic mass is 10.1. The Labute approximate surface area is 95.2 Å². The molecule has 1 N–H and O–H groups in total. The number of carbonyl (C=O) groups excluding carboxylic acids is 1. The van der Waals surface area contributed by atoms with Gasteiger partial charge in [0.2, 0.25) is 6.41 Å². The van der Waals surface area contributed by atoms with Crippen molar-refractivity contribution >= 4 is 40.4 Å². The van der Waals surface area contributed by atoms with Gasteiger partial charge in [-0.1, -0.05) is 28.7 Å². The molecule has 0 atom stereocenters. The normalized spacial score (nSPS) is 9.57. The van der Waals surface area contributed by atoms with E-state index in [0.29, 0.717) is 23.3 Å². The Morgan fingerprint density at radius 1 is 1.57 bits per heavy atom. The molecule has 1 aromatic rings. The quantitative estimate of drug-likeness (QED) is 0.402. The molecule has 0 saturated carbocycles. The molecule has 0 fully saturated rings. The minimum absolute atomic E-state index is 0.364. The maximum atomic E-state index is 10.4. The second-order valence-corrected chi connectivity index (χ2v) is 3.49. The number of nitrogens with one attached hydrogen (secondary N) is 1. The fraction of sp³-hybridized carbons (Fsp3) is 0.222. The van der Waals surface area contributed by atoms with Crippen molar-refractivity contribution in [2.75, 3.05) is 5.32 Å². The second-order valence-electron chi connectivity index (χ2n) is 2.73. The van der Waals surface area contributed by atoms with Gasteiger partial charge in [-0.3, -0.25) is 4.79 Å². The first-order valence-electron chi connectivity index (χ1n) is 3.96. The van der Waals surface area contributed by atoms with Gasteiger partial charge in [-0.05, 0) is 23.7 Å². The van der Waals surface area contributed by atoms with Crippen LogP contribution in [0.15, 0.2) is 17.3 Å². The van der Waals surface area contributed by atoms with E-state index in [2.05, 4.69) is 33.1 Å². The van der Waals surface area contributed by atoms with Gasteiger partial charge in [-0.15, -0.1) is 4.91 Å². The number of nitroso groups, excluding NO2 is 1. The summed E-state index contributed by atoms with van der Waals surface area (Å²) in [6, 6.07) is 3.45. The second kappa shape index (κ2) is 5.04. The first-order valence-corrected chi connectivity index (χ1v) is 5.49. The van der Waals surface area contributed by atoms with Crippen LogP contribution in [0.1, 0.15) is 11.1 Å². The molecule has 1 rings (SSSR count). The van der Waals surface area contributed by atoms with Gasteiger partial charge in [0.1, 0.15) is 5.69 Å². The lowest BCUT2D eigenvalue weighted by Gasteiger charge is -2.10. The smallest absolute Gasteiger partial charge is 0.211 e. The van der Waals surface area contributed by atoms with E-state index in [1.54, 1.807) is 19.1 Å². The van der Waals surface area contributed by atoms with E-state index in [0.717, 1.165) is 9.99 Å². The van der Waals surface area contributed by atoms with E-state index in [1.165, 1.54) is 0 Å². The van der Waals surface area contributed by atoms with Crippen LogP contribution in [0.4, 0.5) is 11.4 Å². The fourth-order valence-electron chi connectivity index (χ4n) is 1.23. The molecule has 0 heterocycles. The van der Waals surface area contributed by atoms with Crippen LogP contribution >= 0.6 is 22.6 Å². The number of carbonyl (C=O) groups is 1. The fourth-order valence-corrected chi connectivity index (χ4v) is 1.86. The summed E-state index contributed by atoms with van der Waals surface area (Å²) in [6.07, 6.45) is 0.604. The Kier molecular flexibility index (Phi) is 3.99. The van der Waals surface area contributed by atoms with Gasteiger partial charge in [-0.2, -0.15) is 0 Å². The Morgan fingerprint density at radius 3 is 2.79 bits per heavy atom. The molecule has 1 amide bonds. The van der Waals surface area contributed by atoms with Gasteiger partial charge >= 0.3 is 0 Å². The number of hydrogen-bond donors (Lipinski definition) is 1. The summed E-state index contributed by atoms with van der Waals surface area (Å²) in [5, 5.41) is 5.47. The Morgan fingerprint density at radius 2 is 2.29 bits per heavy atom. The number of halogens is 1. The van der Waals surface area contributed by atoms with Crippen molar-refractivity contribution in [2.45, 2.75) is 11.4 Å². The molecule has 1 aromatic carbocycles. The average Bonchev–Trinajstić information content (AvgIpc) is 2.21. The van der Waals surface area contributed by atoms with Crippen LogP contribution in [-0.4, -0.2) is 6.41 Å². The van der Waals surface area contributed by atoms with Crippen LogP contribution in [0.2, 0.25) is 0 Å². The van der Waals surface area contributed by atoms with Gasteiger partial charge in [0, 0.05) is 15.7 Å². The molecule has 0 aliphatic carbocycles. The molecule has 0 radical (unpaired) electrons. The number of alkyl halides is 1. The lowest BCUT2D eigenvalue weighted by molar-refractivity contribution is -0.105. The van der Waals surface area contributed by atoms with Crippen molar-refractivity contribution < 1.29 is 4.79 Å². The molecule has 4 nitrogen and oxygen atoms in total. The SMILES string of the molecule is Cc1c(N=O)ccc(CI)c1NC=O. The highest BCUT2D eigenvalue weighted by molar-refractivity contribution is 14.1. The maximum absolute atomic E-state index is 10.4. The van der Waals surface area contributed by atoms with E-state index in [9.17, 15) is 9.70 Å². The third-order valence-corrected chi connectivity index (χ3v) is 2.79. The van der Waals surface area contributed by atoms with Gasteiger partial charge < -0.3 is 5.32 Å². The third-order valence-electron chi connectivity index (χ3n) is 1.97. The Hall–Kier alpha value is -0.980. The average molecular weight is 304 g/mol. The predicted octanol–water partition coefficient (Wildman–Crippen LogP) is 2.90. The zero-order chi connectivity index (χ0) is 10.6. The van der Waals surface area contributed by atoms with Crippen molar-refractivity contribution in [1.82, 2.24) is 0 Å². The minimum atomic E-state index is 0.364. The van der Waals surface area contributed by atoms with Crippen molar-refractivity contribution in [1.29, 1.82) is 0 Å². The summed E-state index contributed by atoms with van der Waals surface area (Å²) in [5.41, 5.74) is 2.75. The van der Waals surface area contributed by atoms with Crippen LogP contribution in [-0.2, 0) is 9.22 Å². The van der Waals surface area contributed by atoms with Gasteiger partial charge in [0.25, 0.3) is 0 Å². The summed E-state index contributed by atoms with van der Waals surface area (Å²) in [7, 11) is 0. The first kappa shape index (κ1) is 11.1. The van der Waals surface area contributed by atoms with Crippen LogP contribution < -0.4 is 5.32 Å². The summed E-state index contributed by atoms with van der Waals surface area (Å²) >= 11 is 2.19. The van der Waals surface area contributed by atoms with E-state index < -0.39 is 0 Å². The number of nitrogens with zero attached hydrogens (tertiary/aromatic N) is 1. The van der Waals surface area contributed by atoms with Crippen LogP contribution in [0, 0.1) is 11.8 Å². The van der Waals surface area contributed by atoms with Gasteiger partial charge in [0.15, 0.2) is 0 Å². The molecule has 5 heteroatoms. The van der Waals surface area contributed by atoms with Crippen molar-refractivity contribution in [3.8, 4) is 0 Å². The number of anilines is 1. The topological polar surface area (TPSA) is 58.5 Å². The number of benzene rings is 1. The predicted molar refractivity (Wildman–Crippen MR) is 64.0 cm³/mol. The molecule has 74 valence electrons. The monoisotopic (exact) mass is 304 g/mol. The number of rotatable bonds is 4. The molecule has 0 saturated heterocycles. The van der Waals surface area contributed by atoms with Crippen molar-refractivity contribution in [2.24, 2.45) is 5.18 Å². The van der Waals surface area contributed by atoms with Crippen molar-refractivity contribution in [3.05, 3.63) is 28.2 Å². The molecular formula is C9H9IN2O2. The Bertz CT molecular complexity index is 366. The van der Waals surface area contributed by atoms with Gasteiger partial charge in [0.05, 0.1) is 0 Å². The largest absolute Gasteiger partial charge is 0.328 e. The number of amides is 1. The highest BCUT2D eigenvalue weighted by Crippen LogP contribution is 2.30. The highest BCUT2D eigenvalue weighted by atomic mass is 127. The molecular weight excluding hydrogens is 295 g/mol. The molecule has 0 unspecified atom stereocenters. The highest BCUT2D eigenvalue weighted by Gasteiger charge is 2.08. The molecule has 0 aliphatic rings. The maximum Gasteiger partial charge on any atom is 0.211 e. The van der Waals surface area contributed by atoms with E-state index >= 15 is 0 Å². The zero-order valence-corrected chi connectivity index (χ0v) is 9.74. The molecule has 0 spiro atoms. The zero-order valence-electron chi connectivity index (χ0n) is 7.58. The first-order chi connectivity index (χ1) is 6.74. The molecule has 14 heavy (non-hydrogen) atoms. The summed E-state index contributed by atoms with van der Waals surface area (Å²) in [5.74, 6) is 0. The third kappa shape index (κ3) is 2.09. The van der Waals surface area contributed by atoms with E-state index in [4.69, 9.17) is 0 Å². The van der Waals surface area contributed by atoms with Crippen LogP contribution in [0.5, 0.6) is 0 Å². The van der Waals surface area contributed by atoms with Crippen LogP contribution in [0.25, 0.3) is 0 Å². The summed E-state index contributed by atoms with van der Waals surface area (Å²) in [6.45, 7) is 1.76. The molecule has 0 aromatic heterocycles. The van der Waals surface area contributed by atoms with Crippen molar-refractivity contribution in [3.63, 3.8) is 0 Å². The Balaban J connectivity index is 3.29. The number of hydrogen-bond acceptors (Lipinski definition) is 3. The minimum Gasteiger partial charge on any atom is -0.328 e. The van der Waals surface area contributed by atoms with Crippen LogP contribution in [0.3, 0.4) is 0 Å². The standard InChI is InChI=1S/C9H9IN2O2/c1-6-8(12-14)3-2-7(4-10)9(6)11-5-13/h2-3,5H,4H2,1H3,(H,11,13). The molecule has 0 aliphatic heterocycles. The van der Waals surface area contributed by atoms with Gasteiger partial charge in [-0.25, -0.2) is 0 Å². The summed E-state index contributed by atoms with van der Waals surface area (Å²) < 4.78 is 0.772. The van der Waals surface area contributed by atoms with E-state index in [-0.39, 0.29) is 0 Å². The lowest BCUT2D eigenvalue weighted by Crippen LogP contribution is -2.00.